The lowest BCUT2D eigenvalue weighted by Gasteiger charge is -2.06. The first-order chi connectivity index (χ1) is 10.8. The molecule has 0 aliphatic carbocycles. The van der Waals surface area contributed by atoms with Crippen LogP contribution in [0.4, 0.5) is 0 Å². The van der Waals surface area contributed by atoms with Gasteiger partial charge < -0.3 is 14.0 Å². The summed E-state index contributed by atoms with van der Waals surface area (Å²) in [5.41, 5.74) is 0. The number of benzene rings is 2. The molecular formula is C18H19O3P. The third-order valence-electron chi connectivity index (χ3n) is 3.62. The van der Waals surface area contributed by atoms with Crippen molar-refractivity contribution in [3.8, 4) is 11.5 Å². The summed E-state index contributed by atoms with van der Waals surface area (Å²) in [4.78, 5) is 0. The molecule has 0 bridgehead atoms. The summed E-state index contributed by atoms with van der Waals surface area (Å²) in [5, 5.41) is 4.38. The van der Waals surface area contributed by atoms with E-state index >= 15 is 0 Å². The number of rotatable bonds is 4. The van der Waals surface area contributed by atoms with Crippen LogP contribution in [0.3, 0.4) is 0 Å². The molecule has 0 N–H and O–H groups in total. The van der Waals surface area contributed by atoms with Crippen LogP contribution in [0.25, 0.3) is 11.6 Å². The standard InChI is InChI=1S/C18H19O3P/c1-4-21-22-11-13-7-5-9-15(19-2)17(13)18-14(12-22)8-6-10-16(18)20-3/h5-12H,4H2,1-3H3. The van der Waals surface area contributed by atoms with Crippen LogP contribution < -0.4 is 19.9 Å². The van der Waals surface area contributed by atoms with Crippen LogP contribution in [0.2, 0.25) is 0 Å². The van der Waals surface area contributed by atoms with Gasteiger partial charge in [-0.2, -0.15) is 0 Å². The van der Waals surface area contributed by atoms with Crippen molar-refractivity contribution in [3.05, 3.63) is 57.3 Å². The summed E-state index contributed by atoms with van der Waals surface area (Å²) >= 11 is 0. The van der Waals surface area contributed by atoms with Crippen LogP contribution in [-0.2, 0) is 4.52 Å². The Hall–Kier alpha value is -1.83. The number of fused-ring (bicyclic) bond motifs is 2. The van der Waals surface area contributed by atoms with Crippen LogP contribution in [-0.4, -0.2) is 20.8 Å². The zero-order valence-corrected chi connectivity index (χ0v) is 13.9. The van der Waals surface area contributed by atoms with E-state index in [2.05, 4.69) is 23.8 Å². The third-order valence-corrected chi connectivity index (χ3v) is 5.24. The van der Waals surface area contributed by atoms with E-state index in [9.17, 15) is 0 Å². The van der Waals surface area contributed by atoms with Gasteiger partial charge in [-0.15, -0.1) is 0 Å². The first kappa shape index (κ1) is 15.1. The van der Waals surface area contributed by atoms with Crippen LogP contribution in [0.15, 0.2) is 36.4 Å². The van der Waals surface area contributed by atoms with E-state index in [0.717, 1.165) is 32.4 Å². The number of hydrogen-bond acceptors (Lipinski definition) is 3. The van der Waals surface area contributed by atoms with E-state index in [4.69, 9.17) is 14.0 Å². The lowest BCUT2D eigenvalue weighted by atomic mass is 10.1. The molecule has 4 heteroatoms. The SMILES string of the molecule is CCOP1C=c2cccc(OC)c2=c2c(OC)cccc2=C1. The second kappa shape index (κ2) is 6.51. The number of ether oxygens (including phenoxy) is 2. The molecule has 3 rings (SSSR count). The lowest BCUT2D eigenvalue weighted by Crippen LogP contribution is -2.10. The third kappa shape index (κ3) is 2.63. The van der Waals surface area contributed by atoms with E-state index in [1.807, 2.05) is 31.2 Å². The van der Waals surface area contributed by atoms with Crippen molar-refractivity contribution >= 4 is 19.8 Å². The average Bonchev–Trinajstić information content (AvgIpc) is 2.70. The van der Waals surface area contributed by atoms with Gasteiger partial charge in [-0.1, -0.05) is 24.3 Å². The van der Waals surface area contributed by atoms with Gasteiger partial charge >= 0.3 is 0 Å². The predicted octanol–water partition coefficient (Wildman–Crippen LogP) is 2.91. The van der Waals surface area contributed by atoms with Crippen LogP contribution >= 0.6 is 8.15 Å². The molecule has 0 spiro atoms. The zero-order valence-electron chi connectivity index (χ0n) is 13.0. The quantitative estimate of drug-likeness (QED) is 0.812. The fourth-order valence-corrected chi connectivity index (χ4v) is 4.22. The van der Waals surface area contributed by atoms with Gasteiger partial charge in [0.05, 0.1) is 22.4 Å². The Kier molecular flexibility index (Phi) is 4.47. The Morgan fingerprint density at radius 3 is 1.73 bits per heavy atom. The first-order valence-corrected chi connectivity index (χ1v) is 8.63. The van der Waals surface area contributed by atoms with Gasteiger partial charge in [0.1, 0.15) is 11.5 Å². The topological polar surface area (TPSA) is 27.7 Å². The summed E-state index contributed by atoms with van der Waals surface area (Å²) in [7, 11) is 2.63. The maximum Gasteiger partial charge on any atom is 0.127 e. The zero-order chi connectivity index (χ0) is 15.5. The second-order valence-electron chi connectivity index (χ2n) is 4.88. The van der Waals surface area contributed by atoms with Crippen molar-refractivity contribution in [2.45, 2.75) is 6.92 Å². The fourth-order valence-electron chi connectivity index (χ4n) is 2.72. The Morgan fingerprint density at radius 1 is 0.818 bits per heavy atom. The molecule has 1 aliphatic heterocycles. The van der Waals surface area contributed by atoms with E-state index in [1.165, 1.54) is 0 Å². The Bertz CT molecular complexity index is 818. The molecule has 0 amide bonds. The van der Waals surface area contributed by atoms with Crippen molar-refractivity contribution in [1.82, 2.24) is 0 Å². The van der Waals surface area contributed by atoms with Gasteiger partial charge in [0.2, 0.25) is 0 Å². The van der Waals surface area contributed by atoms with E-state index < -0.39 is 8.15 Å². The van der Waals surface area contributed by atoms with Gasteiger partial charge in [0.25, 0.3) is 0 Å². The Balaban J connectivity index is 2.58. The largest absolute Gasteiger partial charge is 0.496 e. The van der Waals surface area contributed by atoms with Crippen LogP contribution in [0, 0.1) is 10.4 Å². The van der Waals surface area contributed by atoms with Gasteiger partial charge in [-0.3, -0.25) is 0 Å². The predicted molar refractivity (Wildman–Crippen MR) is 90.4 cm³/mol. The minimum absolute atomic E-state index is 0.692. The Labute approximate surface area is 131 Å². The molecular weight excluding hydrogens is 295 g/mol. The molecule has 0 saturated heterocycles. The van der Waals surface area contributed by atoms with E-state index in [0.29, 0.717) is 6.61 Å². The maximum atomic E-state index is 5.90. The van der Waals surface area contributed by atoms with Crippen molar-refractivity contribution < 1.29 is 14.0 Å². The Morgan fingerprint density at radius 2 is 1.32 bits per heavy atom. The fraction of sp³-hybridized carbons (Fsp3) is 0.222. The van der Waals surface area contributed by atoms with E-state index in [-0.39, 0.29) is 0 Å². The molecule has 22 heavy (non-hydrogen) atoms. The van der Waals surface area contributed by atoms with Gasteiger partial charge in [0.15, 0.2) is 0 Å². The van der Waals surface area contributed by atoms with Crippen molar-refractivity contribution in [1.29, 1.82) is 0 Å². The lowest BCUT2D eigenvalue weighted by molar-refractivity contribution is 0.390. The minimum atomic E-state index is -0.768. The first-order valence-electron chi connectivity index (χ1n) is 7.23. The monoisotopic (exact) mass is 314 g/mol. The highest BCUT2D eigenvalue weighted by Crippen LogP contribution is 2.41. The molecule has 0 saturated carbocycles. The summed E-state index contributed by atoms with van der Waals surface area (Å²) in [6, 6.07) is 12.2. The highest BCUT2D eigenvalue weighted by molar-refractivity contribution is 7.69. The van der Waals surface area contributed by atoms with E-state index in [1.54, 1.807) is 14.2 Å². The van der Waals surface area contributed by atoms with Crippen molar-refractivity contribution in [2.24, 2.45) is 0 Å². The molecule has 0 atom stereocenters. The highest BCUT2D eigenvalue weighted by Gasteiger charge is 2.10. The summed E-state index contributed by atoms with van der Waals surface area (Å²) in [6.07, 6.45) is 0. The number of methoxy groups -OCH3 is 2. The molecule has 3 nitrogen and oxygen atoms in total. The van der Waals surface area contributed by atoms with Gasteiger partial charge in [-0.05, 0) is 41.1 Å². The minimum Gasteiger partial charge on any atom is -0.496 e. The van der Waals surface area contributed by atoms with Crippen LogP contribution in [0.1, 0.15) is 6.92 Å². The molecule has 0 aromatic heterocycles. The molecule has 2 aromatic carbocycles. The molecule has 0 radical (unpaired) electrons. The molecule has 2 aromatic rings. The molecule has 114 valence electrons. The molecule has 1 heterocycles. The molecule has 0 fully saturated rings. The molecule has 0 unspecified atom stereocenters. The van der Waals surface area contributed by atoms with Crippen molar-refractivity contribution in [3.63, 3.8) is 0 Å². The average molecular weight is 314 g/mol. The second-order valence-corrected chi connectivity index (χ2v) is 6.38. The van der Waals surface area contributed by atoms with Crippen LogP contribution in [0.5, 0.6) is 11.5 Å². The number of hydrogen-bond donors (Lipinski definition) is 0. The maximum absolute atomic E-state index is 5.90. The summed E-state index contributed by atoms with van der Waals surface area (Å²) in [6.45, 7) is 2.71. The molecule has 1 aliphatic rings. The van der Waals surface area contributed by atoms with Crippen molar-refractivity contribution in [2.75, 3.05) is 20.8 Å². The smallest absolute Gasteiger partial charge is 0.127 e. The normalized spacial score (nSPS) is 13.2. The highest BCUT2D eigenvalue weighted by atomic mass is 31.1. The summed E-state index contributed by atoms with van der Waals surface area (Å²) in [5.74, 6) is 6.08. The van der Waals surface area contributed by atoms with Gasteiger partial charge in [0, 0.05) is 17.0 Å². The van der Waals surface area contributed by atoms with Gasteiger partial charge in [-0.25, -0.2) is 0 Å². The summed E-state index contributed by atoms with van der Waals surface area (Å²) < 4.78 is 17.1.